The van der Waals surface area contributed by atoms with Gasteiger partial charge in [0.25, 0.3) is 5.91 Å². The maximum absolute atomic E-state index is 13.7. The smallest absolute Gasteiger partial charge is 0.261 e. The summed E-state index contributed by atoms with van der Waals surface area (Å²) < 4.78 is 6.89. The third kappa shape index (κ3) is 8.23. The molecule has 190 valence electrons. The minimum atomic E-state index is -0.703. The van der Waals surface area contributed by atoms with E-state index in [0.717, 1.165) is 26.7 Å². The minimum absolute atomic E-state index is 0.158. The third-order valence-corrected chi connectivity index (χ3v) is 6.25. The fourth-order valence-corrected chi connectivity index (χ4v) is 4.24. The van der Waals surface area contributed by atoms with E-state index in [2.05, 4.69) is 21.2 Å². The van der Waals surface area contributed by atoms with Crippen molar-refractivity contribution in [2.45, 2.75) is 59.2 Å². The Morgan fingerprint density at radius 2 is 1.61 bits per heavy atom. The fourth-order valence-electron chi connectivity index (χ4n) is 3.98. The number of ether oxygens (including phenoxy) is 1. The molecule has 6 heteroatoms. The van der Waals surface area contributed by atoms with Gasteiger partial charge in [-0.1, -0.05) is 76.1 Å². The second kappa shape index (κ2) is 12.2. The number of benzene rings is 3. The molecule has 0 aliphatic rings. The number of nitrogens with zero attached hydrogens (tertiary/aromatic N) is 1. The molecule has 0 aromatic heterocycles. The fraction of sp³-hybridized carbons (Fsp3) is 0.333. The second-order valence-corrected chi connectivity index (χ2v) is 11.1. The lowest BCUT2D eigenvalue weighted by Crippen LogP contribution is -2.55. The number of carbonyl (C=O) groups is 2. The summed E-state index contributed by atoms with van der Waals surface area (Å²) >= 11 is 3.47. The number of hydrogen-bond acceptors (Lipinski definition) is 3. The Balaban J connectivity index is 1.93. The van der Waals surface area contributed by atoms with Gasteiger partial charge >= 0.3 is 0 Å². The summed E-state index contributed by atoms with van der Waals surface area (Å²) in [4.78, 5) is 28.9. The zero-order valence-corrected chi connectivity index (χ0v) is 23.3. The Labute approximate surface area is 223 Å². The number of rotatable bonds is 9. The van der Waals surface area contributed by atoms with Crippen molar-refractivity contribution in [1.82, 2.24) is 10.2 Å². The Morgan fingerprint density at radius 3 is 2.22 bits per heavy atom. The molecule has 3 aromatic carbocycles. The van der Waals surface area contributed by atoms with Gasteiger partial charge in [0.1, 0.15) is 11.8 Å². The highest BCUT2D eigenvalue weighted by molar-refractivity contribution is 9.10. The zero-order valence-electron chi connectivity index (χ0n) is 21.7. The van der Waals surface area contributed by atoms with Gasteiger partial charge in [0.05, 0.1) is 0 Å². The molecule has 0 heterocycles. The van der Waals surface area contributed by atoms with Crippen molar-refractivity contribution >= 4 is 27.7 Å². The highest BCUT2D eigenvalue weighted by Gasteiger charge is 2.32. The quantitative estimate of drug-likeness (QED) is 0.355. The van der Waals surface area contributed by atoms with E-state index in [4.69, 9.17) is 4.74 Å². The molecule has 5 nitrogen and oxygen atoms in total. The van der Waals surface area contributed by atoms with Crippen LogP contribution in [-0.2, 0) is 22.6 Å². The van der Waals surface area contributed by atoms with Crippen molar-refractivity contribution in [3.63, 3.8) is 0 Å². The Morgan fingerprint density at radius 1 is 0.944 bits per heavy atom. The summed E-state index contributed by atoms with van der Waals surface area (Å²) in [5.41, 5.74) is 3.57. The minimum Gasteiger partial charge on any atom is -0.483 e. The van der Waals surface area contributed by atoms with Gasteiger partial charge in [-0.15, -0.1) is 0 Å². The van der Waals surface area contributed by atoms with Gasteiger partial charge in [0.15, 0.2) is 6.61 Å². The first-order valence-electron chi connectivity index (χ1n) is 12.1. The van der Waals surface area contributed by atoms with Crippen LogP contribution < -0.4 is 10.1 Å². The van der Waals surface area contributed by atoms with Crippen molar-refractivity contribution in [2.24, 2.45) is 0 Å². The SMILES string of the molecule is Cc1ccc(OCC(=O)N(Cc2ccc(Br)cc2)[C@@H](Cc2ccccc2)C(=O)NC(C)(C)C)c(C)c1. The van der Waals surface area contributed by atoms with Gasteiger partial charge in [-0.3, -0.25) is 9.59 Å². The molecule has 0 saturated carbocycles. The van der Waals surface area contributed by atoms with E-state index >= 15 is 0 Å². The number of nitrogens with one attached hydrogen (secondary N) is 1. The van der Waals surface area contributed by atoms with Crippen LogP contribution in [0.5, 0.6) is 5.75 Å². The van der Waals surface area contributed by atoms with E-state index in [1.807, 2.05) is 107 Å². The third-order valence-electron chi connectivity index (χ3n) is 5.72. The molecule has 36 heavy (non-hydrogen) atoms. The summed E-state index contributed by atoms with van der Waals surface area (Å²) in [5, 5.41) is 3.08. The van der Waals surface area contributed by atoms with Crippen LogP contribution in [0.3, 0.4) is 0 Å². The summed E-state index contributed by atoms with van der Waals surface area (Å²) in [7, 11) is 0. The molecule has 0 saturated heterocycles. The van der Waals surface area contributed by atoms with Crippen LogP contribution in [0.25, 0.3) is 0 Å². The number of carbonyl (C=O) groups excluding carboxylic acids is 2. The normalized spacial score (nSPS) is 12.1. The van der Waals surface area contributed by atoms with Crippen LogP contribution in [0.2, 0.25) is 0 Å². The van der Waals surface area contributed by atoms with E-state index in [1.165, 1.54) is 0 Å². The molecule has 1 N–H and O–H groups in total. The molecule has 3 rings (SSSR count). The summed E-state index contributed by atoms with van der Waals surface area (Å²) in [6.45, 7) is 9.93. The molecular formula is C30H35BrN2O3. The van der Waals surface area contributed by atoms with Crippen molar-refractivity contribution in [2.75, 3.05) is 6.61 Å². The average Bonchev–Trinajstić information content (AvgIpc) is 2.81. The maximum atomic E-state index is 13.7. The van der Waals surface area contributed by atoms with E-state index in [9.17, 15) is 9.59 Å². The molecule has 0 aliphatic carbocycles. The van der Waals surface area contributed by atoms with Gasteiger partial charge in [0.2, 0.25) is 5.91 Å². The lowest BCUT2D eigenvalue weighted by atomic mass is 10.0. The second-order valence-electron chi connectivity index (χ2n) is 10.2. The van der Waals surface area contributed by atoms with Crippen LogP contribution in [-0.4, -0.2) is 34.9 Å². The molecule has 0 bridgehead atoms. The number of amides is 2. The number of aryl methyl sites for hydroxylation is 2. The molecule has 0 radical (unpaired) electrons. The van der Waals surface area contributed by atoms with Crippen LogP contribution in [0.1, 0.15) is 43.0 Å². The molecule has 0 fully saturated rings. The van der Waals surface area contributed by atoms with Gasteiger partial charge in [0, 0.05) is 23.0 Å². The lowest BCUT2D eigenvalue weighted by molar-refractivity contribution is -0.143. The summed E-state index contributed by atoms with van der Waals surface area (Å²) in [5.74, 6) is 0.225. The predicted molar refractivity (Wildman–Crippen MR) is 148 cm³/mol. The summed E-state index contributed by atoms with van der Waals surface area (Å²) in [6.07, 6.45) is 0.397. The van der Waals surface area contributed by atoms with Crippen LogP contribution in [0.4, 0.5) is 0 Å². The highest BCUT2D eigenvalue weighted by Crippen LogP contribution is 2.21. The highest BCUT2D eigenvalue weighted by atomic mass is 79.9. The summed E-state index contributed by atoms with van der Waals surface area (Å²) in [6, 6.07) is 22.7. The van der Waals surface area contributed by atoms with Crippen molar-refractivity contribution in [3.8, 4) is 5.75 Å². The standard InChI is InChI=1S/C30H35BrN2O3/c1-21-11-16-27(22(2)17-21)36-20-28(34)33(19-24-12-14-25(31)15-13-24)26(29(35)32-30(3,4)5)18-23-9-7-6-8-10-23/h6-17,26H,18-20H2,1-5H3,(H,32,35)/t26-/m0/s1. The monoisotopic (exact) mass is 550 g/mol. The topological polar surface area (TPSA) is 58.6 Å². The lowest BCUT2D eigenvalue weighted by Gasteiger charge is -2.33. The van der Waals surface area contributed by atoms with Gasteiger partial charge in [-0.05, 0) is 69.5 Å². The van der Waals surface area contributed by atoms with Crippen molar-refractivity contribution < 1.29 is 14.3 Å². The van der Waals surface area contributed by atoms with E-state index in [0.29, 0.717) is 12.2 Å². The Hall–Kier alpha value is -3.12. The van der Waals surface area contributed by atoms with Crippen LogP contribution in [0.15, 0.2) is 77.3 Å². The molecular weight excluding hydrogens is 516 g/mol. The largest absolute Gasteiger partial charge is 0.483 e. The van der Waals surface area contributed by atoms with E-state index in [-0.39, 0.29) is 25.0 Å². The van der Waals surface area contributed by atoms with Crippen LogP contribution in [0, 0.1) is 13.8 Å². The molecule has 0 aliphatic heterocycles. The van der Waals surface area contributed by atoms with Crippen LogP contribution >= 0.6 is 15.9 Å². The molecule has 0 spiro atoms. The van der Waals surface area contributed by atoms with Crippen molar-refractivity contribution in [1.29, 1.82) is 0 Å². The van der Waals surface area contributed by atoms with Crippen molar-refractivity contribution in [3.05, 3.63) is 99.5 Å². The van der Waals surface area contributed by atoms with Gasteiger partial charge in [-0.2, -0.15) is 0 Å². The number of halogens is 1. The first kappa shape index (κ1) is 27.5. The predicted octanol–water partition coefficient (Wildman–Crippen LogP) is 6.00. The first-order valence-corrected chi connectivity index (χ1v) is 12.9. The first-order chi connectivity index (χ1) is 17.0. The molecule has 0 unspecified atom stereocenters. The molecule has 3 aromatic rings. The zero-order chi connectivity index (χ0) is 26.3. The van der Waals surface area contributed by atoms with E-state index in [1.54, 1.807) is 4.90 Å². The Bertz CT molecular complexity index is 1170. The Kier molecular flexibility index (Phi) is 9.32. The van der Waals surface area contributed by atoms with E-state index < -0.39 is 11.6 Å². The van der Waals surface area contributed by atoms with Gasteiger partial charge in [-0.25, -0.2) is 0 Å². The molecule has 2 amide bonds. The van der Waals surface area contributed by atoms with Gasteiger partial charge < -0.3 is 15.0 Å². The average molecular weight is 552 g/mol. The molecule has 1 atom stereocenters. The number of hydrogen-bond donors (Lipinski definition) is 1. The maximum Gasteiger partial charge on any atom is 0.261 e.